The van der Waals surface area contributed by atoms with Crippen molar-refractivity contribution in [1.82, 2.24) is 19.5 Å². The summed E-state index contributed by atoms with van der Waals surface area (Å²) >= 11 is 3.19. The zero-order chi connectivity index (χ0) is 17.6. The van der Waals surface area contributed by atoms with Crippen molar-refractivity contribution in [3.63, 3.8) is 0 Å². The summed E-state index contributed by atoms with van der Waals surface area (Å²) in [6.07, 6.45) is -3.94. The number of hydrogen-bond donors (Lipinski definition) is 5. The number of phosphoric ester groups is 1. The minimum Gasteiger partial charge on any atom is -0.387 e. The molecule has 4 atom stereocenters. The largest absolute Gasteiger partial charge is 0.469 e. The number of anilines is 1. The highest BCUT2D eigenvalue weighted by Gasteiger charge is 2.45. The van der Waals surface area contributed by atoms with Gasteiger partial charge in [0.15, 0.2) is 27.9 Å². The molecule has 2 aromatic rings. The van der Waals surface area contributed by atoms with Gasteiger partial charge in [-0.15, -0.1) is 0 Å². The highest BCUT2D eigenvalue weighted by atomic mass is 79.9. The number of hydrogen-bond acceptors (Lipinski definition) is 9. The molecule has 14 heteroatoms. The summed E-state index contributed by atoms with van der Waals surface area (Å²) in [5.41, 5.74) is 6.23. The van der Waals surface area contributed by atoms with Crippen LogP contribution in [0.3, 0.4) is 0 Å². The summed E-state index contributed by atoms with van der Waals surface area (Å²) in [5.74, 6) is 0.119. The Kier molecular flexibility index (Phi) is 4.61. The molecule has 6 N–H and O–H groups in total. The average Bonchev–Trinajstić information content (AvgIpc) is 2.96. The lowest BCUT2D eigenvalue weighted by atomic mass is 10.1. The SMILES string of the molecule is Nc1ncnc2c1nc(Br)n2[C@@H]1O[C@H](COP(=O)(O)O)C(O)C1O. The van der Waals surface area contributed by atoms with Gasteiger partial charge < -0.3 is 30.5 Å². The van der Waals surface area contributed by atoms with Gasteiger partial charge in [0.2, 0.25) is 0 Å². The van der Waals surface area contributed by atoms with E-state index in [0.717, 1.165) is 0 Å². The Morgan fingerprint density at radius 3 is 2.75 bits per heavy atom. The van der Waals surface area contributed by atoms with Crippen molar-refractivity contribution in [3.8, 4) is 0 Å². The molecule has 1 aliphatic heterocycles. The smallest absolute Gasteiger partial charge is 0.387 e. The fourth-order valence-electron chi connectivity index (χ4n) is 2.38. The van der Waals surface area contributed by atoms with E-state index in [1.165, 1.54) is 10.9 Å². The number of imidazole rings is 1. The molecule has 12 nitrogen and oxygen atoms in total. The summed E-state index contributed by atoms with van der Waals surface area (Å²) in [5, 5.41) is 20.2. The highest BCUT2D eigenvalue weighted by Crippen LogP contribution is 2.39. The molecule has 3 heterocycles. The summed E-state index contributed by atoms with van der Waals surface area (Å²) in [4.78, 5) is 29.4. The molecule has 0 spiro atoms. The predicted molar refractivity (Wildman–Crippen MR) is 81.4 cm³/mol. The first kappa shape index (κ1) is 17.6. The van der Waals surface area contributed by atoms with Crippen LogP contribution in [0, 0.1) is 0 Å². The van der Waals surface area contributed by atoms with E-state index in [9.17, 15) is 14.8 Å². The number of halogens is 1. The van der Waals surface area contributed by atoms with Gasteiger partial charge in [-0.05, 0) is 15.9 Å². The van der Waals surface area contributed by atoms with Gasteiger partial charge in [-0.3, -0.25) is 9.09 Å². The third-order valence-electron chi connectivity index (χ3n) is 3.46. The van der Waals surface area contributed by atoms with E-state index in [4.69, 9.17) is 20.3 Å². The molecular formula is C10H13BrN5O7P. The van der Waals surface area contributed by atoms with Crippen LogP contribution in [0.2, 0.25) is 0 Å². The molecule has 0 aromatic carbocycles. The van der Waals surface area contributed by atoms with E-state index in [2.05, 4.69) is 35.4 Å². The molecule has 1 saturated heterocycles. The maximum absolute atomic E-state index is 10.8. The Balaban J connectivity index is 1.92. The molecule has 0 radical (unpaired) electrons. The van der Waals surface area contributed by atoms with Crippen LogP contribution in [0.25, 0.3) is 11.2 Å². The minimum atomic E-state index is -4.74. The Hall–Kier alpha value is -1.18. The van der Waals surface area contributed by atoms with Gasteiger partial charge >= 0.3 is 7.82 Å². The quantitative estimate of drug-likeness (QED) is 0.295. The van der Waals surface area contributed by atoms with Crippen molar-refractivity contribution in [2.75, 3.05) is 12.3 Å². The number of aliphatic hydroxyl groups is 2. The monoisotopic (exact) mass is 425 g/mol. The maximum Gasteiger partial charge on any atom is 0.469 e. The number of aliphatic hydroxyl groups excluding tert-OH is 2. The summed E-state index contributed by atoms with van der Waals surface area (Å²) in [6, 6.07) is 0. The predicted octanol–water partition coefficient (Wildman–Crippen LogP) is -1.10. The molecule has 3 rings (SSSR count). The van der Waals surface area contributed by atoms with Gasteiger partial charge in [0.05, 0.1) is 6.61 Å². The van der Waals surface area contributed by atoms with E-state index < -0.39 is 39.0 Å². The molecule has 0 bridgehead atoms. The summed E-state index contributed by atoms with van der Waals surface area (Å²) in [6.45, 7) is -0.611. The van der Waals surface area contributed by atoms with Gasteiger partial charge in [-0.2, -0.15) is 0 Å². The maximum atomic E-state index is 10.8. The van der Waals surface area contributed by atoms with Gasteiger partial charge in [0.25, 0.3) is 0 Å². The van der Waals surface area contributed by atoms with Gasteiger partial charge in [0, 0.05) is 0 Å². The van der Waals surface area contributed by atoms with Crippen LogP contribution in [0.5, 0.6) is 0 Å². The standard InChI is InChI=1S/C10H13BrN5O7P/c11-10-15-4-7(12)13-2-14-8(4)16(10)9-6(18)5(17)3(23-9)1-22-24(19,20)21/h2-3,5-6,9,17-18H,1H2,(H2,12,13,14)(H2,19,20,21)/t3-,5?,6?,9-/m1/s1. The zero-order valence-electron chi connectivity index (χ0n) is 11.8. The van der Waals surface area contributed by atoms with Crippen molar-refractivity contribution in [2.24, 2.45) is 0 Å². The van der Waals surface area contributed by atoms with E-state index in [1.54, 1.807) is 0 Å². The van der Waals surface area contributed by atoms with E-state index >= 15 is 0 Å². The van der Waals surface area contributed by atoms with Crippen LogP contribution in [0.4, 0.5) is 5.82 Å². The number of phosphoric acid groups is 1. The number of fused-ring (bicyclic) bond motifs is 1. The fraction of sp³-hybridized carbons (Fsp3) is 0.500. The van der Waals surface area contributed by atoms with Crippen LogP contribution >= 0.6 is 23.8 Å². The van der Waals surface area contributed by atoms with Crippen LogP contribution < -0.4 is 5.73 Å². The Morgan fingerprint density at radius 1 is 1.38 bits per heavy atom. The minimum absolute atomic E-state index is 0.119. The second-order valence-electron chi connectivity index (χ2n) is 5.01. The summed E-state index contributed by atoms with van der Waals surface area (Å²) in [7, 11) is -4.74. The molecule has 0 amide bonds. The first-order valence-electron chi connectivity index (χ1n) is 6.54. The molecule has 0 aliphatic carbocycles. The molecular weight excluding hydrogens is 413 g/mol. The van der Waals surface area contributed by atoms with Crippen LogP contribution in [0.15, 0.2) is 11.1 Å². The van der Waals surface area contributed by atoms with E-state index in [0.29, 0.717) is 0 Å². The Morgan fingerprint density at radius 2 is 2.08 bits per heavy atom. The number of ether oxygens (including phenoxy) is 1. The third-order valence-corrected chi connectivity index (χ3v) is 4.51. The molecule has 132 valence electrons. The Labute approximate surface area is 142 Å². The lowest BCUT2D eigenvalue weighted by Crippen LogP contribution is -2.33. The summed E-state index contributed by atoms with van der Waals surface area (Å²) < 4.78 is 22.1. The number of aromatic nitrogens is 4. The van der Waals surface area contributed by atoms with Gasteiger partial charge in [-0.1, -0.05) is 0 Å². The molecule has 24 heavy (non-hydrogen) atoms. The molecule has 0 saturated carbocycles. The van der Waals surface area contributed by atoms with Crippen molar-refractivity contribution >= 4 is 40.7 Å². The molecule has 2 unspecified atom stereocenters. The van der Waals surface area contributed by atoms with E-state index in [1.807, 2.05) is 0 Å². The van der Waals surface area contributed by atoms with E-state index in [-0.39, 0.29) is 21.7 Å². The third kappa shape index (κ3) is 3.17. The molecule has 2 aromatic heterocycles. The number of nitrogen functional groups attached to an aromatic ring is 1. The molecule has 1 aliphatic rings. The first-order valence-corrected chi connectivity index (χ1v) is 8.87. The topological polar surface area (TPSA) is 186 Å². The lowest BCUT2D eigenvalue weighted by Gasteiger charge is -2.17. The van der Waals surface area contributed by atoms with Gasteiger partial charge in [-0.25, -0.2) is 19.5 Å². The van der Waals surface area contributed by atoms with Crippen molar-refractivity contribution in [1.29, 1.82) is 0 Å². The van der Waals surface area contributed by atoms with Crippen molar-refractivity contribution in [3.05, 3.63) is 11.1 Å². The fourth-order valence-corrected chi connectivity index (χ4v) is 3.26. The van der Waals surface area contributed by atoms with Crippen LogP contribution in [-0.2, 0) is 13.8 Å². The second kappa shape index (κ2) is 6.28. The van der Waals surface area contributed by atoms with Crippen molar-refractivity contribution in [2.45, 2.75) is 24.5 Å². The normalized spacial score (nSPS) is 27.9. The van der Waals surface area contributed by atoms with Crippen LogP contribution in [0.1, 0.15) is 6.23 Å². The highest BCUT2D eigenvalue weighted by molar-refractivity contribution is 9.10. The second-order valence-corrected chi connectivity index (χ2v) is 6.96. The number of nitrogens with two attached hydrogens (primary N) is 1. The first-order chi connectivity index (χ1) is 11.2. The average molecular weight is 426 g/mol. The Bertz CT molecular complexity index is 812. The zero-order valence-corrected chi connectivity index (χ0v) is 14.3. The van der Waals surface area contributed by atoms with Crippen LogP contribution in [-0.4, -0.2) is 64.4 Å². The van der Waals surface area contributed by atoms with Crippen molar-refractivity contribution < 1.29 is 33.8 Å². The lowest BCUT2D eigenvalue weighted by molar-refractivity contribution is -0.0514. The number of nitrogens with zero attached hydrogens (tertiary/aromatic N) is 4. The molecule has 1 fully saturated rings. The number of rotatable bonds is 4. The van der Waals surface area contributed by atoms with Gasteiger partial charge in [0.1, 0.15) is 24.6 Å².